The topological polar surface area (TPSA) is 51.7 Å². The molecular formula is C14H18N2O3. The van der Waals surface area contributed by atoms with E-state index in [4.69, 9.17) is 9.47 Å². The molecule has 2 aliphatic rings. The Balaban J connectivity index is 2.07. The Kier molecular flexibility index (Phi) is 3.14. The summed E-state index contributed by atoms with van der Waals surface area (Å²) >= 11 is 0. The summed E-state index contributed by atoms with van der Waals surface area (Å²) in [6, 6.07) is 2.29. The van der Waals surface area contributed by atoms with Gasteiger partial charge in [0.2, 0.25) is 0 Å². The fraction of sp³-hybridized carbons (Fsp3) is 0.571. The second-order valence-electron chi connectivity index (χ2n) is 5.13. The number of esters is 1. The van der Waals surface area contributed by atoms with Gasteiger partial charge >= 0.3 is 5.97 Å². The fourth-order valence-electron chi connectivity index (χ4n) is 2.82. The van der Waals surface area contributed by atoms with Crippen molar-refractivity contribution in [1.29, 1.82) is 0 Å². The second kappa shape index (κ2) is 4.81. The first-order valence-corrected chi connectivity index (χ1v) is 6.66. The third-order valence-corrected chi connectivity index (χ3v) is 3.90. The number of ether oxygens (including phenoxy) is 2. The number of nitrogens with zero attached hydrogens (tertiary/aromatic N) is 2. The lowest BCUT2D eigenvalue weighted by Gasteiger charge is -2.25. The van der Waals surface area contributed by atoms with Gasteiger partial charge in [0.1, 0.15) is 11.4 Å². The number of pyridine rings is 1. The average Bonchev–Trinajstić information content (AvgIpc) is 3.04. The number of aromatic nitrogens is 1. The first-order valence-electron chi connectivity index (χ1n) is 6.66. The molecule has 5 nitrogen and oxygen atoms in total. The summed E-state index contributed by atoms with van der Waals surface area (Å²) in [6.07, 6.45) is 2.27. The van der Waals surface area contributed by atoms with Gasteiger partial charge in [-0.15, -0.1) is 0 Å². The van der Waals surface area contributed by atoms with Crippen molar-refractivity contribution in [3.8, 4) is 0 Å². The normalized spacial score (nSPS) is 21.6. The molecule has 0 unspecified atom stereocenters. The van der Waals surface area contributed by atoms with Crippen LogP contribution in [0.25, 0.3) is 0 Å². The van der Waals surface area contributed by atoms with E-state index in [-0.39, 0.29) is 5.97 Å². The lowest BCUT2D eigenvalue weighted by atomic mass is 10.1. The van der Waals surface area contributed by atoms with Crippen molar-refractivity contribution in [3.05, 3.63) is 22.9 Å². The number of methoxy groups -OCH3 is 1. The molecule has 1 fully saturated rings. The summed E-state index contributed by atoms with van der Waals surface area (Å²) in [5, 5.41) is 0. The van der Waals surface area contributed by atoms with Gasteiger partial charge in [0, 0.05) is 18.2 Å². The van der Waals surface area contributed by atoms with Crippen molar-refractivity contribution < 1.29 is 14.3 Å². The van der Waals surface area contributed by atoms with Gasteiger partial charge in [-0.1, -0.05) is 0 Å². The molecule has 1 aromatic heterocycles. The summed E-state index contributed by atoms with van der Waals surface area (Å²) in [5.74, 6) is 0.428. The van der Waals surface area contributed by atoms with E-state index < -0.39 is 0 Å². The van der Waals surface area contributed by atoms with Crippen LogP contribution in [0.1, 0.15) is 41.4 Å². The molecule has 0 N–H and O–H groups in total. The number of carbonyl (C=O) groups excluding carboxylic acids is 1. The number of anilines is 1. The lowest BCUT2D eigenvalue weighted by molar-refractivity contribution is 0.0601. The Morgan fingerprint density at radius 1 is 1.53 bits per heavy atom. The predicted molar refractivity (Wildman–Crippen MR) is 70.1 cm³/mol. The number of hydrogen-bond donors (Lipinski definition) is 0. The van der Waals surface area contributed by atoms with Gasteiger partial charge in [0.15, 0.2) is 0 Å². The summed E-state index contributed by atoms with van der Waals surface area (Å²) in [7, 11) is 1.41. The molecule has 1 saturated heterocycles. The molecule has 1 atom stereocenters. The van der Waals surface area contributed by atoms with Crippen LogP contribution in [0.3, 0.4) is 0 Å². The van der Waals surface area contributed by atoms with Crippen LogP contribution in [-0.2, 0) is 22.7 Å². The van der Waals surface area contributed by atoms with Crippen molar-refractivity contribution in [2.75, 3.05) is 18.6 Å². The van der Waals surface area contributed by atoms with Gasteiger partial charge < -0.3 is 14.4 Å². The van der Waals surface area contributed by atoms with E-state index in [1.807, 2.05) is 6.07 Å². The van der Waals surface area contributed by atoms with E-state index >= 15 is 0 Å². The van der Waals surface area contributed by atoms with Gasteiger partial charge in [-0.3, -0.25) is 0 Å². The van der Waals surface area contributed by atoms with E-state index in [1.54, 1.807) is 0 Å². The van der Waals surface area contributed by atoms with Crippen molar-refractivity contribution in [2.45, 2.75) is 39.0 Å². The highest BCUT2D eigenvalue weighted by Gasteiger charge is 2.29. The lowest BCUT2D eigenvalue weighted by Crippen LogP contribution is -2.29. The molecule has 1 aromatic rings. The van der Waals surface area contributed by atoms with E-state index in [2.05, 4.69) is 16.8 Å². The van der Waals surface area contributed by atoms with Crippen LogP contribution >= 0.6 is 0 Å². The van der Waals surface area contributed by atoms with Crippen molar-refractivity contribution >= 4 is 11.8 Å². The zero-order valence-electron chi connectivity index (χ0n) is 11.3. The molecule has 5 heteroatoms. The summed E-state index contributed by atoms with van der Waals surface area (Å²) < 4.78 is 10.3. The van der Waals surface area contributed by atoms with Gasteiger partial charge in [-0.05, 0) is 25.8 Å². The number of carbonyl (C=O) groups is 1. The van der Waals surface area contributed by atoms with Crippen LogP contribution in [0.5, 0.6) is 0 Å². The number of hydrogen-bond acceptors (Lipinski definition) is 5. The maximum Gasteiger partial charge on any atom is 0.341 e. The van der Waals surface area contributed by atoms with E-state index in [1.165, 1.54) is 7.11 Å². The van der Waals surface area contributed by atoms with Gasteiger partial charge in [0.25, 0.3) is 0 Å². The van der Waals surface area contributed by atoms with Crippen LogP contribution in [0, 0.1) is 0 Å². The van der Waals surface area contributed by atoms with Gasteiger partial charge in [-0.25, -0.2) is 9.78 Å². The molecule has 2 aliphatic heterocycles. The van der Waals surface area contributed by atoms with Crippen LogP contribution in [-0.4, -0.2) is 30.6 Å². The first kappa shape index (κ1) is 12.4. The fourth-order valence-corrected chi connectivity index (χ4v) is 2.82. The predicted octanol–water partition coefficient (Wildman–Crippen LogP) is 1.89. The van der Waals surface area contributed by atoms with Crippen molar-refractivity contribution in [2.24, 2.45) is 0 Å². The minimum atomic E-state index is -0.323. The van der Waals surface area contributed by atoms with E-state index in [0.29, 0.717) is 24.8 Å². The molecular weight excluding hydrogens is 244 g/mol. The number of rotatable bonds is 2. The third-order valence-electron chi connectivity index (χ3n) is 3.90. The molecule has 0 aromatic carbocycles. The van der Waals surface area contributed by atoms with Crippen LogP contribution in [0.2, 0.25) is 0 Å². The minimum Gasteiger partial charge on any atom is -0.465 e. The molecule has 102 valence electrons. The third kappa shape index (κ3) is 2.08. The Hall–Kier alpha value is -1.62. The maximum atomic E-state index is 12.0. The Morgan fingerprint density at radius 2 is 2.37 bits per heavy atom. The average molecular weight is 262 g/mol. The summed E-state index contributed by atoms with van der Waals surface area (Å²) in [4.78, 5) is 18.8. The van der Waals surface area contributed by atoms with Crippen LogP contribution in [0.15, 0.2) is 6.07 Å². The Bertz CT molecular complexity index is 516. The van der Waals surface area contributed by atoms with E-state index in [0.717, 1.165) is 36.5 Å². The first-order chi connectivity index (χ1) is 9.20. The molecule has 0 bridgehead atoms. The standard InChI is InChI=1S/C14H18N2O3/c1-9-4-3-5-16(9)13-11(14(17)18-2)6-10-7-19-8-12(10)15-13/h6,9H,3-5,7-8H2,1-2H3/t9-/m0/s1. The summed E-state index contributed by atoms with van der Waals surface area (Å²) in [5.41, 5.74) is 2.50. The Morgan fingerprint density at radius 3 is 3.05 bits per heavy atom. The molecule has 19 heavy (non-hydrogen) atoms. The minimum absolute atomic E-state index is 0.323. The quantitative estimate of drug-likeness (QED) is 0.762. The highest BCUT2D eigenvalue weighted by molar-refractivity contribution is 5.95. The SMILES string of the molecule is COC(=O)c1cc2c(nc1N1CCC[C@@H]1C)COC2. The molecule has 0 amide bonds. The summed E-state index contributed by atoms with van der Waals surface area (Å²) in [6.45, 7) is 4.17. The zero-order chi connectivity index (χ0) is 13.4. The second-order valence-corrected chi connectivity index (χ2v) is 5.13. The maximum absolute atomic E-state index is 12.0. The molecule has 0 radical (unpaired) electrons. The van der Waals surface area contributed by atoms with Crippen LogP contribution < -0.4 is 4.90 Å². The van der Waals surface area contributed by atoms with Gasteiger partial charge in [-0.2, -0.15) is 0 Å². The smallest absolute Gasteiger partial charge is 0.341 e. The monoisotopic (exact) mass is 262 g/mol. The van der Waals surface area contributed by atoms with Gasteiger partial charge in [0.05, 0.1) is 26.0 Å². The molecule has 3 rings (SSSR count). The molecule has 0 spiro atoms. The number of fused-ring (bicyclic) bond motifs is 1. The largest absolute Gasteiger partial charge is 0.465 e. The highest BCUT2D eigenvalue weighted by atomic mass is 16.5. The van der Waals surface area contributed by atoms with Crippen molar-refractivity contribution in [3.63, 3.8) is 0 Å². The van der Waals surface area contributed by atoms with E-state index in [9.17, 15) is 4.79 Å². The molecule has 3 heterocycles. The Labute approximate surface area is 112 Å². The highest BCUT2D eigenvalue weighted by Crippen LogP contribution is 2.31. The molecule has 0 aliphatic carbocycles. The zero-order valence-corrected chi connectivity index (χ0v) is 11.3. The van der Waals surface area contributed by atoms with Crippen LogP contribution in [0.4, 0.5) is 5.82 Å². The molecule has 0 saturated carbocycles. The van der Waals surface area contributed by atoms with Crippen molar-refractivity contribution in [1.82, 2.24) is 4.98 Å².